The maximum atomic E-state index is 14.0. The van der Waals surface area contributed by atoms with Crippen LogP contribution in [-0.4, -0.2) is 21.7 Å². The molecule has 0 saturated heterocycles. The van der Waals surface area contributed by atoms with Gasteiger partial charge in [-0.1, -0.05) is 15.9 Å². The smallest absolute Gasteiger partial charge is 0.397 e. The van der Waals surface area contributed by atoms with E-state index in [2.05, 4.69) is 31.2 Å². The Kier molecular flexibility index (Phi) is 5.42. The van der Waals surface area contributed by atoms with Gasteiger partial charge in [0.2, 0.25) is 0 Å². The van der Waals surface area contributed by atoms with Gasteiger partial charge in [-0.3, -0.25) is 14.6 Å². The van der Waals surface area contributed by atoms with Crippen molar-refractivity contribution in [1.82, 2.24) is 9.97 Å². The van der Waals surface area contributed by atoms with E-state index in [1.165, 1.54) is 12.1 Å². The molecule has 0 radical (unpaired) electrons. The Labute approximate surface area is 169 Å². The lowest BCUT2D eigenvalue weighted by molar-refractivity contribution is -0.141. The molecule has 0 bridgehead atoms. The van der Waals surface area contributed by atoms with Gasteiger partial charge in [-0.25, -0.2) is 4.39 Å². The van der Waals surface area contributed by atoms with E-state index in [-0.39, 0.29) is 22.6 Å². The molecule has 11 heteroatoms. The number of halogens is 5. The molecule has 0 saturated carbocycles. The second kappa shape index (κ2) is 7.66. The maximum Gasteiger partial charge on any atom is 0.434 e. The van der Waals surface area contributed by atoms with Gasteiger partial charge in [-0.2, -0.15) is 13.2 Å². The van der Waals surface area contributed by atoms with Crippen molar-refractivity contribution in [2.75, 3.05) is 11.1 Å². The van der Waals surface area contributed by atoms with Gasteiger partial charge in [0.15, 0.2) is 11.5 Å². The SMILES string of the molecule is Nc1cc(Br)cc(F)c1NC(=O)c1cc(C(=O)c2cccnc2C(F)(F)F)c[nH]1. The van der Waals surface area contributed by atoms with E-state index in [1.807, 2.05) is 0 Å². The van der Waals surface area contributed by atoms with Crippen molar-refractivity contribution in [1.29, 1.82) is 0 Å². The van der Waals surface area contributed by atoms with Crippen LogP contribution in [0.2, 0.25) is 0 Å². The van der Waals surface area contributed by atoms with E-state index >= 15 is 0 Å². The van der Waals surface area contributed by atoms with Gasteiger partial charge < -0.3 is 16.0 Å². The number of anilines is 2. The van der Waals surface area contributed by atoms with E-state index in [1.54, 1.807) is 0 Å². The number of nitrogen functional groups attached to an aromatic ring is 1. The molecular weight excluding hydrogens is 460 g/mol. The summed E-state index contributed by atoms with van der Waals surface area (Å²) in [6, 6.07) is 5.71. The van der Waals surface area contributed by atoms with Crippen molar-refractivity contribution in [2.45, 2.75) is 6.18 Å². The highest BCUT2D eigenvalue weighted by Gasteiger charge is 2.37. The number of benzene rings is 1. The monoisotopic (exact) mass is 470 g/mol. The molecule has 0 atom stereocenters. The molecule has 0 unspecified atom stereocenters. The fourth-order valence-corrected chi connectivity index (χ4v) is 2.98. The number of hydrogen-bond acceptors (Lipinski definition) is 4. The second-order valence-electron chi connectivity index (χ2n) is 5.83. The zero-order valence-corrected chi connectivity index (χ0v) is 15.9. The van der Waals surface area contributed by atoms with Crippen molar-refractivity contribution >= 4 is 39.0 Å². The summed E-state index contributed by atoms with van der Waals surface area (Å²) in [6.07, 6.45) is -2.82. The lowest BCUT2D eigenvalue weighted by Crippen LogP contribution is -2.16. The number of amides is 1. The molecule has 0 aliphatic carbocycles. The number of aromatic nitrogens is 2. The van der Waals surface area contributed by atoms with Crippen LogP contribution in [0.3, 0.4) is 0 Å². The molecule has 1 amide bonds. The first-order valence-corrected chi connectivity index (χ1v) is 8.68. The van der Waals surface area contributed by atoms with Crippen LogP contribution in [0, 0.1) is 5.82 Å². The van der Waals surface area contributed by atoms with Crippen LogP contribution in [0.15, 0.2) is 47.2 Å². The molecule has 0 aliphatic heterocycles. The quantitative estimate of drug-likeness (QED) is 0.299. The lowest BCUT2D eigenvalue weighted by Gasteiger charge is -2.10. The van der Waals surface area contributed by atoms with Gasteiger partial charge in [0.05, 0.1) is 11.3 Å². The van der Waals surface area contributed by atoms with Crippen LogP contribution in [0.5, 0.6) is 0 Å². The first-order valence-electron chi connectivity index (χ1n) is 7.89. The lowest BCUT2D eigenvalue weighted by atomic mass is 10.0. The fourth-order valence-electron chi connectivity index (χ4n) is 2.53. The normalized spacial score (nSPS) is 11.3. The molecule has 0 fully saturated rings. The number of ketones is 1. The number of carbonyl (C=O) groups is 2. The zero-order chi connectivity index (χ0) is 21.3. The van der Waals surface area contributed by atoms with Gasteiger partial charge in [0.25, 0.3) is 5.91 Å². The van der Waals surface area contributed by atoms with E-state index < -0.39 is 34.9 Å². The third-order valence-corrected chi connectivity index (χ3v) is 4.29. The van der Waals surface area contributed by atoms with Crippen LogP contribution < -0.4 is 11.1 Å². The van der Waals surface area contributed by atoms with E-state index in [0.717, 1.165) is 30.6 Å². The largest absolute Gasteiger partial charge is 0.434 e. The highest BCUT2D eigenvalue weighted by Crippen LogP contribution is 2.31. The van der Waals surface area contributed by atoms with Crippen LogP contribution in [-0.2, 0) is 6.18 Å². The third kappa shape index (κ3) is 4.29. The molecule has 0 aliphatic rings. The number of nitrogens with one attached hydrogen (secondary N) is 2. The Balaban J connectivity index is 1.87. The van der Waals surface area contributed by atoms with Gasteiger partial charge in [-0.15, -0.1) is 0 Å². The average Bonchev–Trinajstić information content (AvgIpc) is 3.13. The number of pyridine rings is 1. The Morgan fingerprint density at radius 2 is 1.93 bits per heavy atom. The topological polar surface area (TPSA) is 101 Å². The Hall–Kier alpha value is -3.21. The minimum Gasteiger partial charge on any atom is -0.397 e. The number of nitrogens with two attached hydrogens (primary N) is 1. The summed E-state index contributed by atoms with van der Waals surface area (Å²) in [7, 11) is 0. The molecule has 150 valence electrons. The van der Waals surface area contributed by atoms with Gasteiger partial charge in [0.1, 0.15) is 17.2 Å². The Morgan fingerprint density at radius 3 is 2.59 bits per heavy atom. The van der Waals surface area contributed by atoms with Gasteiger partial charge in [0, 0.05) is 22.4 Å². The fraction of sp³-hybridized carbons (Fsp3) is 0.0556. The van der Waals surface area contributed by atoms with E-state index in [4.69, 9.17) is 5.73 Å². The first kappa shape index (κ1) is 20.5. The number of hydrogen-bond donors (Lipinski definition) is 3. The van der Waals surface area contributed by atoms with E-state index in [9.17, 15) is 27.2 Å². The molecule has 4 N–H and O–H groups in total. The van der Waals surface area contributed by atoms with Crippen molar-refractivity contribution in [2.24, 2.45) is 0 Å². The minimum absolute atomic E-state index is 0.0433. The summed E-state index contributed by atoms with van der Waals surface area (Å²) in [5.74, 6) is -2.60. The summed E-state index contributed by atoms with van der Waals surface area (Å²) in [5.41, 5.74) is 3.00. The minimum atomic E-state index is -4.82. The summed E-state index contributed by atoms with van der Waals surface area (Å²) in [4.78, 5) is 30.5. The number of rotatable bonds is 4. The van der Waals surface area contributed by atoms with Crippen molar-refractivity contribution in [3.8, 4) is 0 Å². The molecule has 0 spiro atoms. The first-order chi connectivity index (χ1) is 13.6. The summed E-state index contributed by atoms with van der Waals surface area (Å²) >= 11 is 3.06. The number of carbonyl (C=O) groups excluding carboxylic acids is 2. The molecule has 3 aromatic rings. The zero-order valence-electron chi connectivity index (χ0n) is 14.3. The highest BCUT2D eigenvalue weighted by molar-refractivity contribution is 9.10. The molecule has 29 heavy (non-hydrogen) atoms. The van der Waals surface area contributed by atoms with Crippen molar-refractivity contribution < 1.29 is 27.2 Å². The molecule has 2 heterocycles. The van der Waals surface area contributed by atoms with Crippen LogP contribution in [0.1, 0.15) is 32.1 Å². The maximum absolute atomic E-state index is 14.0. The highest BCUT2D eigenvalue weighted by atomic mass is 79.9. The molecule has 2 aromatic heterocycles. The summed E-state index contributed by atoms with van der Waals surface area (Å²) < 4.78 is 53.6. The van der Waals surface area contributed by atoms with Crippen LogP contribution >= 0.6 is 15.9 Å². The summed E-state index contributed by atoms with van der Waals surface area (Å²) in [5, 5.41) is 2.26. The van der Waals surface area contributed by atoms with Gasteiger partial charge >= 0.3 is 6.18 Å². The van der Waals surface area contributed by atoms with Crippen LogP contribution in [0.25, 0.3) is 0 Å². The van der Waals surface area contributed by atoms with Crippen molar-refractivity contribution in [3.05, 3.63) is 75.5 Å². The number of alkyl halides is 3. The average molecular weight is 471 g/mol. The predicted molar refractivity (Wildman–Crippen MR) is 99.9 cm³/mol. The van der Waals surface area contributed by atoms with E-state index in [0.29, 0.717) is 4.47 Å². The molecular formula is C18H11BrF4N4O2. The standard InChI is InChI=1S/C18H11BrF4N4O2/c19-9-5-11(20)14(12(24)6-9)27-17(29)13-4-8(7-26-13)15(28)10-2-1-3-25-16(10)18(21,22)23/h1-7,26H,24H2,(H,27,29). The van der Waals surface area contributed by atoms with Crippen LogP contribution in [0.4, 0.5) is 28.9 Å². The molecule has 1 aromatic carbocycles. The number of H-pyrrole nitrogens is 1. The number of nitrogens with zero attached hydrogens (tertiary/aromatic N) is 1. The van der Waals surface area contributed by atoms with Gasteiger partial charge in [-0.05, 0) is 30.3 Å². The predicted octanol–water partition coefficient (Wildman–Crippen LogP) is 4.40. The second-order valence-corrected chi connectivity index (χ2v) is 6.75. The Morgan fingerprint density at radius 1 is 1.21 bits per heavy atom. The molecule has 6 nitrogen and oxygen atoms in total. The Bertz CT molecular complexity index is 1090. The third-order valence-electron chi connectivity index (χ3n) is 3.83. The molecule has 3 rings (SSSR count). The number of aromatic amines is 1. The summed E-state index contributed by atoms with van der Waals surface area (Å²) in [6.45, 7) is 0. The van der Waals surface area contributed by atoms with Crippen molar-refractivity contribution in [3.63, 3.8) is 0 Å².